The summed E-state index contributed by atoms with van der Waals surface area (Å²) in [5.74, 6) is -0.717. The van der Waals surface area contributed by atoms with Crippen molar-refractivity contribution in [2.45, 2.75) is 19.9 Å². The number of aromatic nitrogens is 1. The number of methoxy groups -OCH3 is 1. The van der Waals surface area contributed by atoms with Crippen molar-refractivity contribution < 1.29 is 14.3 Å². The molecule has 3 heterocycles. The lowest BCUT2D eigenvalue weighted by molar-refractivity contribution is -0.118. The molecule has 0 aliphatic carbocycles. The molecule has 3 aromatic carbocycles. The van der Waals surface area contributed by atoms with E-state index < -0.39 is 12.0 Å². The first-order chi connectivity index (χ1) is 20.4. The Bertz CT molecular complexity index is 1940. The predicted molar refractivity (Wildman–Crippen MR) is 163 cm³/mol. The highest BCUT2D eigenvalue weighted by Gasteiger charge is 2.35. The van der Waals surface area contributed by atoms with Crippen LogP contribution in [0.3, 0.4) is 0 Å². The molecule has 2 amide bonds. The number of carbonyl (C=O) groups excluding carboxylic acids is 2. The van der Waals surface area contributed by atoms with Crippen molar-refractivity contribution in [2.75, 3.05) is 17.4 Å². The molecule has 2 atom stereocenters. The van der Waals surface area contributed by atoms with E-state index >= 15 is 0 Å². The van der Waals surface area contributed by atoms with Gasteiger partial charge >= 0.3 is 0 Å². The number of rotatable bonds is 6. The van der Waals surface area contributed by atoms with Crippen LogP contribution in [0.4, 0.5) is 11.4 Å². The van der Waals surface area contributed by atoms with Crippen LogP contribution in [0.2, 0.25) is 0 Å². The van der Waals surface area contributed by atoms with Crippen molar-refractivity contribution in [3.8, 4) is 5.75 Å². The Morgan fingerprint density at radius 3 is 2.40 bits per heavy atom. The van der Waals surface area contributed by atoms with Gasteiger partial charge in [-0.25, -0.2) is 4.99 Å². The molecule has 6 rings (SSSR count). The van der Waals surface area contributed by atoms with Gasteiger partial charge in [0.05, 0.1) is 40.4 Å². The molecule has 10 heteroatoms. The van der Waals surface area contributed by atoms with Crippen LogP contribution in [0.15, 0.2) is 111 Å². The summed E-state index contributed by atoms with van der Waals surface area (Å²) >= 11 is 1.19. The number of fused-ring (bicyclic) bond motifs is 1. The fourth-order valence-electron chi connectivity index (χ4n) is 5.15. The molecule has 0 spiro atoms. The first-order valence-electron chi connectivity index (χ1n) is 13.3. The number of amides is 2. The van der Waals surface area contributed by atoms with Crippen LogP contribution >= 0.6 is 11.3 Å². The molecule has 4 aromatic rings. The molecular formula is C32H27N5O4S. The Hall–Kier alpha value is -5.09. The maximum absolute atomic E-state index is 14.1. The van der Waals surface area contributed by atoms with Crippen LogP contribution in [0.25, 0.3) is 6.08 Å². The van der Waals surface area contributed by atoms with Crippen molar-refractivity contribution in [1.29, 1.82) is 0 Å². The fourth-order valence-corrected chi connectivity index (χ4v) is 6.21. The molecule has 0 fully saturated rings. The standard InChI is InChI=1S/C32H27N5O4S/c1-19-25(30(39)37(35-19)23-14-8-5-9-15-23)18-26-31(40)36-28(21-11-10-16-24(17-21)41-3)27(20(2)33-32(36)42-26)29(38)34-22-12-6-4-7-13-22/h4-18,25,28H,1-3H3,(H,34,38)/b26-18+/t25-,28+/m1/s1. The zero-order valence-electron chi connectivity index (χ0n) is 23.1. The van der Waals surface area contributed by atoms with Crippen LogP contribution in [-0.4, -0.2) is 29.2 Å². The van der Waals surface area contributed by atoms with Crippen LogP contribution < -0.4 is 30.0 Å². The van der Waals surface area contributed by atoms with Gasteiger partial charge in [0, 0.05) is 5.69 Å². The molecule has 0 saturated heterocycles. The summed E-state index contributed by atoms with van der Waals surface area (Å²) in [5.41, 5.74) is 3.05. The van der Waals surface area contributed by atoms with Crippen molar-refractivity contribution in [3.63, 3.8) is 0 Å². The van der Waals surface area contributed by atoms with E-state index in [0.29, 0.717) is 49.0 Å². The largest absolute Gasteiger partial charge is 0.497 e. The van der Waals surface area contributed by atoms with Gasteiger partial charge in [-0.2, -0.15) is 10.1 Å². The smallest absolute Gasteiger partial charge is 0.270 e. The van der Waals surface area contributed by atoms with Crippen molar-refractivity contribution in [3.05, 3.63) is 121 Å². The molecule has 1 aromatic heterocycles. The SMILES string of the molecule is COc1cccc([C@H]2C(C(=O)Nc3ccccc3)=C(C)N=c3s/c(=C/[C@H]4C(=O)N(c5ccccc5)N=C4C)c(=O)n32)c1. The molecule has 0 bridgehead atoms. The van der Waals surface area contributed by atoms with Crippen LogP contribution in [0.5, 0.6) is 5.75 Å². The molecule has 0 saturated carbocycles. The lowest BCUT2D eigenvalue weighted by atomic mass is 9.95. The molecular weight excluding hydrogens is 550 g/mol. The Labute approximate surface area is 245 Å². The van der Waals surface area contributed by atoms with E-state index in [9.17, 15) is 14.4 Å². The van der Waals surface area contributed by atoms with Crippen molar-refractivity contribution >= 4 is 46.3 Å². The Kier molecular flexibility index (Phi) is 7.13. The minimum atomic E-state index is -0.767. The first kappa shape index (κ1) is 27.1. The number of carbonyl (C=O) groups is 2. The summed E-state index contributed by atoms with van der Waals surface area (Å²) in [6.45, 7) is 3.54. The second-order valence-electron chi connectivity index (χ2n) is 9.91. The molecule has 0 unspecified atom stereocenters. The van der Waals surface area contributed by atoms with Gasteiger partial charge in [-0.1, -0.05) is 59.9 Å². The van der Waals surface area contributed by atoms with Gasteiger partial charge in [-0.05, 0) is 61.9 Å². The molecule has 2 aliphatic heterocycles. The summed E-state index contributed by atoms with van der Waals surface area (Å²) in [4.78, 5) is 46.3. The van der Waals surface area contributed by atoms with Gasteiger partial charge in [0.2, 0.25) is 0 Å². The van der Waals surface area contributed by atoms with Crippen LogP contribution in [-0.2, 0) is 9.59 Å². The number of para-hydroxylation sites is 2. The fraction of sp³-hybridized carbons (Fsp3) is 0.156. The Balaban J connectivity index is 1.46. The topological polar surface area (TPSA) is 105 Å². The van der Waals surface area contributed by atoms with Crippen molar-refractivity contribution in [2.24, 2.45) is 16.0 Å². The number of anilines is 2. The predicted octanol–water partition coefficient (Wildman–Crippen LogP) is 3.87. The average Bonchev–Trinajstić information content (AvgIpc) is 3.47. The molecule has 2 aliphatic rings. The zero-order valence-corrected chi connectivity index (χ0v) is 24.0. The summed E-state index contributed by atoms with van der Waals surface area (Å²) in [6, 6.07) is 24.8. The number of nitrogens with one attached hydrogen (secondary N) is 1. The highest BCUT2D eigenvalue weighted by Crippen LogP contribution is 2.32. The highest BCUT2D eigenvalue weighted by molar-refractivity contribution is 7.07. The summed E-state index contributed by atoms with van der Waals surface area (Å²) < 4.78 is 7.34. The molecule has 9 nitrogen and oxygen atoms in total. The second kappa shape index (κ2) is 11.1. The van der Waals surface area contributed by atoms with Crippen LogP contribution in [0.1, 0.15) is 25.5 Å². The number of hydrogen-bond donors (Lipinski definition) is 1. The highest BCUT2D eigenvalue weighted by atomic mass is 32.1. The number of nitrogens with zero attached hydrogens (tertiary/aromatic N) is 4. The summed E-state index contributed by atoms with van der Waals surface area (Å²) in [6.07, 6.45) is 1.65. The lowest BCUT2D eigenvalue weighted by Crippen LogP contribution is -2.41. The number of allylic oxidation sites excluding steroid dienone is 1. The van der Waals surface area contributed by atoms with Crippen molar-refractivity contribution in [1.82, 2.24) is 4.57 Å². The van der Waals surface area contributed by atoms with E-state index in [1.54, 1.807) is 45.2 Å². The number of ether oxygens (including phenoxy) is 1. The van der Waals surface area contributed by atoms with Crippen LogP contribution in [0, 0.1) is 5.92 Å². The third kappa shape index (κ3) is 4.86. The number of hydrogen-bond acceptors (Lipinski definition) is 7. The van der Waals surface area contributed by atoms with Gasteiger partial charge in [0.25, 0.3) is 17.4 Å². The minimum Gasteiger partial charge on any atom is -0.497 e. The minimum absolute atomic E-state index is 0.243. The number of hydrazone groups is 1. The van der Waals surface area contributed by atoms with Gasteiger partial charge in [-0.3, -0.25) is 19.0 Å². The third-order valence-electron chi connectivity index (χ3n) is 7.21. The summed E-state index contributed by atoms with van der Waals surface area (Å²) in [7, 11) is 1.57. The molecule has 210 valence electrons. The van der Waals surface area contributed by atoms with Gasteiger partial charge in [0.15, 0.2) is 4.80 Å². The maximum Gasteiger partial charge on any atom is 0.270 e. The van der Waals surface area contributed by atoms with E-state index in [1.165, 1.54) is 20.9 Å². The third-order valence-corrected chi connectivity index (χ3v) is 8.21. The average molecular weight is 578 g/mol. The number of thiazole rings is 1. The van der Waals surface area contributed by atoms with E-state index in [-0.39, 0.29) is 17.4 Å². The zero-order chi connectivity index (χ0) is 29.4. The number of benzene rings is 3. The quantitative estimate of drug-likeness (QED) is 0.376. The van der Waals surface area contributed by atoms with E-state index in [0.717, 1.165) is 0 Å². The van der Waals surface area contributed by atoms with Gasteiger partial charge in [0.1, 0.15) is 11.7 Å². The van der Waals surface area contributed by atoms with Gasteiger partial charge in [-0.15, -0.1) is 0 Å². The van der Waals surface area contributed by atoms with E-state index in [4.69, 9.17) is 4.74 Å². The molecule has 42 heavy (non-hydrogen) atoms. The maximum atomic E-state index is 14.1. The second-order valence-corrected chi connectivity index (χ2v) is 10.9. The van der Waals surface area contributed by atoms with E-state index in [1.807, 2.05) is 66.7 Å². The lowest BCUT2D eigenvalue weighted by Gasteiger charge is -2.25. The normalized spacial score (nSPS) is 18.5. The first-order valence-corrected chi connectivity index (χ1v) is 14.1. The van der Waals surface area contributed by atoms with Gasteiger partial charge < -0.3 is 10.1 Å². The Morgan fingerprint density at radius 1 is 0.976 bits per heavy atom. The monoisotopic (exact) mass is 577 g/mol. The molecule has 1 N–H and O–H groups in total. The Morgan fingerprint density at radius 2 is 1.69 bits per heavy atom. The summed E-state index contributed by atoms with van der Waals surface area (Å²) in [5, 5.41) is 8.77. The molecule has 0 radical (unpaired) electrons. The van der Waals surface area contributed by atoms with E-state index in [2.05, 4.69) is 15.4 Å².